The summed E-state index contributed by atoms with van der Waals surface area (Å²) in [6.45, 7) is 1.83. The summed E-state index contributed by atoms with van der Waals surface area (Å²) in [7, 11) is 0. The maximum Gasteiger partial charge on any atom is 0.135 e. The van der Waals surface area contributed by atoms with E-state index >= 15 is 0 Å². The highest BCUT2D eigenvalue weighted by atomic mass is 127. The molecule has 74 valence electrons. The molecule has 0 aliphatic heterocycles. The summed E-state index contributed by atoms with van der Waals surface area (Å²) in [5.41, 5.74) is 1.59. The van der Waals surface area contributed by atoms with E-state index in [0.717, 1.165) is 15.7 Å². The van der Waals surface area contributed by atoms with Crippen LogP contribution in [-0.2, 0) is 0 Å². The molecule has 0 amide bonds. The third kappa shape index (κ3) is 1.70. The number of aromatic nitrogens is 2. The van der Waals surface area contributed by atoms with Gasteiger partial charge in [-0.05, 0) is 41.1 Å². The van der Waals surface area contributed by atoms with Crippen molar-refractivity contribution < 1.29 is 4.39 Å². The van der Waals surface area contributed by atoms with Crippen molar-refractivity contribution in [1.82, 2.24) is 9.55 Å². The van der Waals surface area contributed by atoms with Crippen LogP contribution in [0, 0.1) is 12.7 Å². The van der Waals surface area contributed by atoms with E-state index in [1.54, 1.807) is 0 Å². The Hall–Kier alpha value is 0.260. The van der Waals surface area contributed by atoms with Gasteiger partial charge in [0.15, 0.2) is 0 Å². The number of aryl methyl sites for hydroxylation is 1. The van der Waals surface area contributed by atoms with Crippen molar-refractivity contribution in [3.63, 3.8) is 0 Å². The van der Waals surface area contributed by atoms with Gasteiger partial charge in [0.1, 0.15) is 5.82 Å². The average Bonchev–Trinajstić information content (AvgIpc) is 2.42. The summed E-state index contributed by atoms with van der Waals surface area (Å²) in [6.07, 6.45) is 0.485. The van der Waals surface area contributed by atoms with Crippen molar-refractivity contribution in [3.05, 3.63) is 28.1 Å². The molecule has 14 heavy (non-hydrogen) atoms. The molecule has 1 aromatic heterocycles. The summed E-state index contributed by atoms with van der Waals surface area (Å²) in [5, 5.41) is 4.89. The Bertz CT molecular complexity index is 500. The van der Waals surface area contributed by atoms with Gasteiger partial charge in [-0.3, -0.25) is 0 Å². The number of nitrogens with zero attached hydrogens (tertiary/aromatic N) is 2. The fourth-order valence-corrected chi connectivity index (χ4v) is 3.38. The van der Waals surface area contributed by atoms with E-state index in [1.165, 1.54) is 6.07 Å². The average molecular weight is 387 g/mol. The van der Waals surface area contributed by atoms with Gasteiger partial charge in [-0.2, -0.15) is 5.10 Å². The predicted octanol–water partition coefficient (Wildman–Crippen LogP) is 4.04. The molecule has 0 spiro atoms. The van der Waals surface area contributed by atoms with Crippen LogP contribution in [0.4, 0.5) is 4.39 Å². The van der Waals surface area contributed by atoms with E-state index in [4.69, 9.17) is 0 Å². The molecular weight excluding hydrogens is 381 g/mol. The third-order valence-corrected chi connectivity index (χ3v) is 4.28. The van der Waals surface area contributed by atoms with Gasteiger partial charge in [0.25, 0.3) is 0 Å². The first-order valence-corrected chi connectivity index (χ1v) is 8.70. The summed E-state index contributed by atoms with van der Waals surface area (Å²) in [5.74, 6) is -0.215. The second-order valence-electron chi connectivity index (χ2n) is 2.86. The van der Waals surface area contributed by atoms with Crippen molar-refractivity contribution in [2.45, 2.75) is 6.92 Å². The van der Waals surface area contributed by atoms with E-state index in [1.807, 2.05) is 17.4 Å². The molecule has 0 bridgehead atoms. The standard InChI is InChI=1S/C8H6BrFIN2P/c1-4-8-6(10)2-5(9)3-7(8)13(12-4)14-11/h2-3,14H,1H3. The van der Waals surface area contributed by atoms with Crippen LogP contribution >= 0.6 is 44.3 Å². The molecule has 0 aliphatic rings. The highest BCUT2D eigenvalue weighted by molar-refractivity contribution is 14.2. The van der Waals surface area contributed by atoms with Gasteiger partial charge in [-0.15, -0.1) is 0 Å². The molecule has 0 aliphatic carbocycles. The predicted molar refractivity (Wildman–Crippen MR) is 69.9 cm³/mol. The van der Waals surface area contributed by atoms with Crippen molar-refractivity contribution in [1.29, 1.82) is 0 Å². The summed E-state index contributed by atoms with van der Waals surface area (Å²) in [4.78, 5) is 0. The zero-order valence-corrected chi connectivity index (χ0v) is 11.9. The number of hydrogen-bond donors (Lipinski definition) is 0. The summed E-state index contributed by atoms with van der Waals surface area (Å²) in [6, 6.07) is 3.36. The fraction of sp³-hybridized carbons (Fsp3) is 0.125. The van der Waals surface area contributed by atoms with Crippen LogP contribution in [0.1, 0.15) is 5.69 Å². The molecule has 0 radical (unpaired) electrons. The van der Waals surface area contributed by atoms with Gasteiger partial charge >= 0.3 is 0 Å². The number of halogens is 3. The molecule has 1 unspecified atom stereocenters. The smallest absolute Gasteiger partial charge is 0.135 e. The Morgan fingerprint density at radius 2 is 2.29 bits per heavy atom. The van der Waals surface area contributed by atoms with Gasteiger partial charge in [0.2, 0.25) is 0 Å². The summed E-state index contributed by atoms with van der Waals surface area (Å²) < 4.78 is 16.1. The molecule has 1 atom stereocenters. The molecule has 6 heteroatoms. The lowest BCUT2D eigenvalue weighted by Crippen LogP contribution is -1.83. The second kappa shape index (κ2) is 4.02. The Labute approximate surface area is 104 Å². The number of fused-ring (bicyclic) bond motifs is 1. The van der Waals surface area contributed by atoms with E-state index in [2.05, 4.69) is 43.1 Å². The minimum Gasteiger partial charge on any atom is -0.237 e. The first-order valence-electron chi connectivity index (χ1n) is 3.84. The monoisotopic (exact) mass is 386 g/mol. The van der Waals surface area contributed by atoms with Crippen LogP contribution in [0.5, 0.6) is 0 Å². The molecule has 2 rings (SSSR count). The number of rotatable bonds is 1. The molecule has 0 saturated carbocycles. The van der Waals surface area contributed by atoms with Crippen molar-refractivity contribution in [2.75, 3.05) is 0 Å². The zero-order valence-electron chi connectivity index (χ0n) is 7.18. The molecule has 1 heterocycles. The maximum absolute atomic E-state index is 13.6. The Balaban J connectivity index is 2.89. The van der Waals surface area contributed by atoms with E-state index in [0.29, 0.717) is 11.8 Å². The third-order valence-electron chi connectivity index (χ3n) is 1.95. The van der Waals surface area contributed by atoms with Gasteiger partial charge in [0, 0.05) is 4.47 Å². The van der Waals surface area contributed by atoms with Crippen LogP contribution < -0.4 is 0 Å². The van der Waals surface area contributed by atoms with E-state index < -0.39 is 0 Å². The topological polar surface area (TPSA) is 17.8 Å². The molecule has 2 nitrogen and oxygen atoms in total. The molecule has 1 aromatic carbocycles. The SMILES string of the molecule is Cc1nn(PI)c2cc(Br)cc(F)c12. The first-order chi connectivity index (χ1) is 6.63. The number of hydrogen-bond acceptors (Lipinski definition) is 1. The number of benzene rings is 1. The minimum absolute atomic E-state index is 0.215. The van der Waals surface area contributed by atoms with Crippen molar-refractivity contribution in [3.8, 4) is 0 Å². The minimum atomic E-state index is -0.215. The van der Waals surface area contributed by atoms with Gasteiger partial charge in [0.05, 0.1) is 23.0 Å². The maximum atomic E-state index is 13.6. The first kappa shape index (κ1) is 10.8. The van der Waals surface area contributed by atoms with Crippen molar-refractivity contribution >= 4 is 55.2 Å². The molecule has 0 saturated heterocycles. The highest BCUT2D eigenvalue weighted by Crippen LogP contribution is 2.33. The van der Waals surface area contributed by atoms with Crippen molar-refractivity contribution in [2.24, 2.45) is 0 Å². The quantitative estimate of drug-likeness (QED) is 0.534. The molecule has 0 N–H and O–H groups in total. The Kier molecular flexibility index (Phi) is 3.09. The van der Waals surface area contributed by atoms with Gasteiger partial charge in [-0.1, -0.05) is 15.9 Å². The van der Waals surface area contributed by atoms with Gasteiger partial charge in [-0.25, -0.2) is 8.84 Å². The lowest BCUT2D eigenvalue weighted by atomic mass is 10.2. The Morgan fingerprint density at radius 1 is 1.57 bits per heavy atom. The van der Waals surface area contributed by atoms with Crippen LogP contribution in [0.2, 0.25) is 0 Å². The normalized spacial score (nSPS) is 12.0. The fourth-order valence-electron chi connectivity index (χ4n) is 1.40. The van der Waals surface area contributed by atoms with Gasteiger partial charge < -0.3 is 0 Å². The highest BCUT2D eigenvalue weighted by Gasteiger charge is 2.11. The van der Waals surface area contributed by atoms with Crippen LogP contribution in [0.15, 0.2) is 16.6 Å². The molecule has 2 aromatic rings. The Morgan fingerprint density at radius 3 is 2.93 bits per heavy atom. The zero-order chi connectivity index (χ0) is 10.3. The van der Waals surface area contributed by atoms with E-state index in [-0.39, 0.29) is 5.82 Å². The molecule has 0 fully saturated rings. The lowest BCUT2D eigenvalue weighted by Gasteiger charge is -1.98. The van der Waals surface area contributed by atoms with Crippen LogP contribution in [-0.4, -0.2) is 9.55 Å². The second-order valence-corrected chi connectivity index (χ2v) is 5.82. The van der Waals surface area contributed by atoms with Crippen LogP contribution in [0.25, 0.3) is 10.9 Å². The van der Waals surface area contributed by atoms with E-state index in [9.17, 15) is 4.39 Å². The molecular formula is C8H6BrFIN2P. The largest absolute Gasteiger partial charge is 0.237 e. The lowest BCUT2D eigenvalue weighted by molar-refractivity contribution is 0.638. The van der Waals surface area contributed by atoms with Crippen LogP contribution in [0.3, 0.4) is 0 Å². The summed E-state index contributed by atoms with van der Waals surface area (Å²) >= 11 is 5.50.